The molecule has 1 aliphatic heterocycles. The monoisotopic (exact) mass is 167 g/mol. The molecule has 3 heteroatoms. The Labute approximate surface area is 50.3 Å². The van der Waals surface area contributed by atoms with Crippen molar-refractivity contribution in [3.8, 4) is 0 Å². The third-order valence-electron chi connectivity index (χ3n) is 0.935. The second kappa shape index (κ2) is 2.68. The Hall–Kier alpha value is 0.439. The van der Waals surface area contributed by atoms with Gasteiger partial charge in [-0.15, -0.1) is 0 Å². The van der Waals surface area contributed by atoms with Crippen molar-refractivity contribution in [1.82, 2.24) is 5.06 Å². The van der Waals surface area contributed by atoms with Crippen molar-refractivity contribution in [2.24, 2.45) is 0 Å². The SMILES string of the molecule is CCN1CC[Se]O1. The van der Waals surface area contributed by atoms with Crippen molar-refractivity contribution in [1.29, 1.82) is 0 Å². The van der Waals surface area contributed by atoms with E-state index < -0.39 is 0 Å². The summed E-state index contributed by atoms with van der Waals surface area (Å²) in [7, 11) is 0. The van der Waals surface area contributed by atoms with Crippen molar-refractivity contribution in [2.45, 2.75) is 12.2 Å². The molecule has 0 bridgehead atoms. The first-order valence-corrected chi connectivity index (χ1v) is 4.39. The molecule has 0 spiro atoms. The fraction of sp³-hybridized carbons (Fsp3) is 1.00. The molecule has 0 saturated carbocycles. The van der Waals surface area contributed by atoms with Crippen LogP contribution in [-0.4, -0.2) is 33.4 Å². The van der Waals surface area contributed by atoms with Crippen LogP contribution < -0.4 is 0 Å². The third kappa shape index (κ3) is 1.42. The van der Waals surface area contributed by atoms with E-state index in [9.17, 15) is 0 Å². The molecule has 7 heavy (non-hydrogen) atoms. The van der Waals surface area contributed by atoms with Gasteiger partial charge in [-0.1, -0.05) is 0 Å². The van der Waals surface area contributed by atoms with E-state index in [0.29, 0.717) is 15.3 Å². The van der Waals surface area contributed by atoms with E-state index in [-0.39, 0.29) is 0 Å². The van der Waals surface area contributed by atoms with Gasteiger partial charge >= 0.3 is 49.6 Å². The zero-order valence-electron chi connectivity index (χ0n) is 4.39. The predicted octanol–water partition coefficient (Wildman–Crippen LogP) is 0.291. The van der Waals surface area contributed by atoms with E-state index in [4.69, 9.17) is 3.92 Å². The van der Waals surface area contributed by atoms with Gasteiger partial charge in [-0.2, -0.15) is 0 Å². The van der Waals surface area contributed by atoms with Gasteiger partial charge in [0.05, 0.1) is 0 Å². The van der Waals surface area contributed by atoms with Crippen LogP contribution in [0.25, 0.3) is 0 Å². The van der Waals surface area contributed by atoms with Gasteiger partial charge in [-0.3, -0.25) is 0 Å². The van der Waals surface area contributed by atoms with Gasteiger partial charge in [0, 0.05) is 0 Å². The van der Waals surface area contributed by atoms with Gasteiger partial charge in [0.15, 0.2) is 0 Å². The first-order valence-electron chi connectivity index (χ1n) is 2.48. The van der Waals surface area contributed by atoms with E-state index >= 15 is 0 Å². The van der Waals surface area contributed by atoms with Crippen molar-refractivity contribution in [3.05, 3.63) is 0 Å². The molecule has 0 aromatic heterocycles. The predicted molar refractivity (Wildman–Crippen MR) is 28.9 cm³/mol. The maximum absolute atomic E-state index is 5.20. The molecule has 1 rings (SSSR count). The van der Waals surface area contributed by atoms with Crippen LogP contribution in [-0.2, 0) is 3.92 Å². The first kappa shape index (κ1) is 5.57. The molecule has 1 saturated heterocycles. The number of rotatable bonds is 1. The van der Waals surface area contributed by atoms with Crippen LogP contribution in [0.3, 0.4) is 0 Å². The normalized spacial score (nSPS) is 23.6. The Kier molecular flexibility index (Phi) is 2.13. The van der Waals surface area contributed by atoms with E-state index in [1.165, 1.54) is 5.32 Å². The van der Waals surface area contributed by atoms with Crippen molar-refractivity contribution in [2.75, 3.05) is 13.1 Å². The second-order valence-corrected chi connectivity index (χ2v) is 3.08. The molecular formula is C4H9NOSe. The van der Waals surface area contributed by atoms with E-state index in [0.717, 1.165) is 13.1 Å². The summed E-state index contributed by atoms with van der Waals surface area (Å²) in [6, 6.07) is 0. The fourth-order valence-electron chi connectivity index (χ4n) is 0.499. The van der Waals surface area contributed by atoms with Gasteiger partial charge in [0.1, 0.15) is 0 Å². The van der Waals surface area contributed by atoms with E-state index in [1.807, 2.05) is 5.06 Å². The van der Waals surface area contributed by atoms with Crippen LogP contribution in [0, 0.1) is 0 Å². The maximum atomic E-state index is 5.20. The van der Waals surface area contributed by atoms with Crippen LogP contribution in [0.15, 0.2) is 0 Å². The summed E-state index contributed by atoms with van der Waals surface area (Å²) in [4.78, 5) is 0. The van der Waals surface area contributed by atoms with Crippen LogP contribution in [0.1, 0.15) is 6.92 Å². The molecule has 0 aromatic carbocycles. The minimum atomic E-state index is 0.468. The summed E-state index contributed by atoms with van der Waals surface area (Å²) >= 11 is 0.468. The summed E-state index contributed by atoms with van der Waals surface area (Å²) in [6.07, 6.45) is 0. The summed E-state index contributed by atoms with van der Waals surface area (Å²) in [5.41, 5.74) is 0. The Bertz CT molecular complexity index is 53.7. The number of hydroxylamine groups is 2. The molecule has 2 nitrogen and oxygen atoms in total. The topological polar surface area (TPSA) is 12.5 Å². The molecule has 0 aliphatic carbocycles. The zero-order valence-corrected chi connectivity index (χ0v) is 6.10. The van der Waals surface area contributed by atoms with E-state index in [1.54, 1.807) is 0 Å². The molecule has 0 aromatic rings. The molecule has 0 unspecified atom stereocenters. The Morgan fingerprint density at radius 3 is 3.00 bits per heavy atom. The Morgan fingerprint density at radius 1 is 1.86 bits per heavy atom. The van der Waals surface area contributed by atoms with Crippen molar-refractivity contribution < 1.29 is 3.92 Å². The molecule has 1 heterocycles. The van der Waals surface area contributed by atoms with Crippen LogP contribution in [0.2, 0.25) is 5.32 Å². The third-order valence-corrected chi connectivity index (χ3v) is 2.33. The Balaban J connectivity index is 2.14. The summed E-state index contributed by atoms with van der Waals surface area (Å²) in [5, 5.41) is 3.28. The van der Waals surface area contributed by atoms with Gasteiger partial charge in [0.25, 0.3) is 0 Å². The molecule has 1 aliphatic rings. The van der Waals surface area contributed by atoms with Crippen molar-refractivity contribution >= 4 is 15.3 Å². The number of hydrogen-bond acceptors (Lipinski definition) is 2. The summed E-state index contributed by atoms with van der Waals surface area (Å²) in [5.74, 6) is 0. The Morgan fingerprint density at radius 2 is 2.71 bits per heavy atom. The standard InChI is InChI=1S/C4H9NOSe/c1-2-5-3-4-7-6-5/h2-4H2,1H3. The average Bonchev–Trinajstić information content (AvgIpc) is 2.14. The van der Waals surface area contributed by atoms with Gasteiger partial charge in [-0.05, 0) is 0 Å². The number of hydrogen-bond donors (Lipinski definition) is 0. The van der Waals surface area contributed by atoms with Crippen LogP contribution in [0.5, 0.6) is 0 Å². The molecule has 0 radical (unpaired) electrons. The minimum absolute atomic E-state index is 0.468. The summed E-state index contributed by atoms with van der Waals surface area (Å²) in [6.45, 7) is 4.31. The quantitative estimate of drug-likeness (QED) is 0.519. The number of nitrogens with zero attached hydrogens (tertiary/aromatic N) is 1. The van der Waals surface area contributed by atoms with Gasteiger partial charge in [-0.25, -0.2) is 0 Å². The molecule has 42 valence electrons. The molecular weight excluding hydrogens is 157 g/mol. The molecule has 0 amide bonds. The van der Waals surface area contributed by atoms with Crippen molar-refractivity contribution in [3.63, 3.8) is 0 Å². The summed E-state index contributed by atoms with van der Waals surface area (Å²) < 4.78 is 5.20. The first-order chi connectivity index (χ1) is 3.43. The van der Waals surface area contributed by atoms with Gasteiger partial charge in [0.2, 0.25) is 0 Å². The van der Waals surface area contributed by atoms with Gasteiger partial charge < -0.3 is 0 Å². The zero-order chi connectivity index (χ0) is 5.11. The van der Waals surface area contributed by atoms with Crippen LogP contribution in [0.4, 0.5) is 0 Å². The fourth-order valence-corrected chi connectivity index (χ4v) is 1.93. The molecule has 0 N–H and O–H groups in total. The second-order valence-electron chi connectivity index (χ2n) is 1.42. The molecule has 0 atom stereocenters. The van der Waals surface area contributed by atoms with Crippen LogP contribution >= 0.6 is 0 Å². The molecule has 1 fully saturated rings. The van der Waals surface area contributed by atoms with E-state index in [2.05, 4.69) is 6.92 Å². The average molecular weight is 166 g/mol.